The third-order valence-electron chi connectivity index (χ3n) is 1.83. The summed E-state index contributed by atoms with van der Waals surface area (Å²) < 4.78 is 1.04. The first-order valence-electron chi connectivity index (χ1n) is 4.30. The molecule has 0 aliphatic heterocycles. The Labute approximate surface area is 85.7 Å². The van der Waals surface area contributed by atoms with Gasteiger partial charge in [-0.15, -0.1) is 0 Å². The molecule has 68 valence electrons. The molecular formula is C10H10BrNO. The van der Waals surface area contributed by atoms with Crippen molar-refractivity contribution in [1.82, 2.24) is 0 Å². The van der Waals surface area contributed by atoms with Crippen LogP contribution in [0.1, 0.15) is 18.4 Å². The van der Waals surface area contributed by atoms with Gasteiger partial charge in [0.2, 0.25) is 0 Å². The van der Waals surface area contributed by atoms with Gasteiger partial charge in [0.15, 0.2) is 0 Å². The van der Waals surface area contributed by atoms with Crippen molar-refractivity contribution < 1.29 is 4.84 Å². The predicted molar refractivity (Wildman–Crippen MR) is 55.8 cm³/mol. The van der Waals surface area contributed by atoms with E-state index in [4.69, 9.17) is 4.84 Å². The second-order valence-corrected chi connectivity index (χ2v) is 3.92. The van der Waals surface area contributed by atoms with Gasteiger partial charge in [0, 0.05) is 10.0 Å². The van der Waals surface area contributed by atoms with Crippen LogP contribution in [-0.4, -0.2) is 12.3 Å². The predicted octanol–water partition coefficient (Wildman–Crippen LogP) is 2.96. The van der Waals surface area contributed by atoms with E-state index in [0.717, 1.165) is 22.9 Å². The average molecular weight is 240 g/mol. The molecule has 0 bridgehead atoms. The van der Waals surface area contributed by atoms with Crippen LogP contribution in [-0.2, 0) is 4.84 Å². The second kappa shape index (κ2) is 3.92. The normalized spacial score (nSPS) is 16.4. The lowest BCUT2D eigenvalue weighted by Gasteiger charge is -1.96. The number of hydrogen-bond acceptors (Lipinski definition) is 2. The Kier molecular flexibility index (Phi) is 2.64. The van der Waals surface area contributed by atoms with E-state index in [0.29, 0.717) is 6.10 Å². The number of benzene rings is 1. The van der Waals surface area contributed by atoms with Crippen LogP contribution in [0.25, 0.3) is 0 Å². The van der Waals surface area contributed by atoms with E-state index in [2.05, 4.69) is 21.1 Å². The summed E-state index contributed by atoms with van der Waals surface area (Å²) >= 11 is 3.43. The van der Waals surface area contributed by atoms with Gasteiger partial charge in [-0.05, 0) is 18.9 Å². The van der Waals surface area contributed by atoms with Crippen LogP contribution in [0.5, 0.6) is 0 Å². The maximum atomic E-state index is 5.16. The molecule has 0 saturated heterocycles. The molecule has 0 spiro atoms. The molecule has 1 aromatic carbocycles. The molecule has 1 aliphatic carbocycles. The van der Waals surface area contributed by atoms with Gasteiger partial charge >= 0.3 is 0 Å². The molecule has 2 rings (SSSR count). The molecule has 2 nitrogen and oxygen atoms in total. The molecule has 3 heteroatoms. The highest BCUT2D eigenvalue weighted by Crippen LogP contribution is 2.23. The standard InChI is InChI=1S/C10H10BrNO/c11-10-4-2-1-3-8(10)7-12-13-9-5-6-9/h1-4,7,9H,5-6H2. The smallest absolute Gasteiger partial charge is 0.127 e. The van der Waals surface area contributed by atoms with Crippen molar-refractivity contribution in [3.05, 3.63) is 34.3 Å². The van der Waals surface area contributed by atoms with Crippen LogP contribution in [0.4, 0.5) is 0 Å². The molecule has 0 heterocycles. The molecule has 13 heavy (non-hydrogen) atoms. The van der Waals surface area contributed by atoms with Gasteiger partial charge in [-0.1, -0.05) is 39.3 Å². The minimum absolute atomic E-state index is 0.374. The van der Waals surface area contributed by atoms with E-state index in [-0.39, 0.29) is 0 Å². The minimum Gasteiger partial charge on any atom is -0.392 e. The van der Waals surface area contributed by atoms with E-state index < -0.39 is 0 Å². The van der Waals surface area contributed by atoms with Crippen molar-refractivity contribution >= 4 is 22.1 Å². The molecule has 1 aliphatic rings. The number of rotatable bonds is 3. The zero-order chi connectivity index (χ0) is 9.10. The zero-order valence-corrected chi connectivity index (χ0v) is 8.70. The van der Waals surface area contributed by atoms with E-state index in [1.807, 2.05) is 24.3 Å². The number of nitrogens with zero attached hydrogens (tertiary/aromatic N) is 1. The summed E-state index contributed by atoms with van der Waals surface area (Å²) in [6, 6.07) is 7.93. The lowest BCUT2D eigenvalue weighted by Crippen LogP contribution is -1.87. The fourth-order valence-electron chi connectivity index (χ4n) is 0.927. The summed E-state index contributed by atoms with van der Waals surface area (Å²) in [5, 5.41) is 3.91. The van der Waals surface area contributed by atoms with Crippen LogP contribution in [0, 0.1) is 0 Å². The van der Waals surface area contributed by atoms with Crippen LogP contribution in [0.15, 0.2) is 33.9 Å². The topological polar surface area (TPSA) is 21.6 Å². The fourth-order valence-corrected chi connectivity index (χ4v) is 1.31. The molecule has 1 aromatic rings. The van der Waals surface area contributed by atoms with Gasteiger partial charge in [-0.3, -0.25) is 0 Å². The van der Waals surface area contributed by atoms with Gasteiger partial charge in [0.05, 0.1) is 6.21 Å². The Morgan fingerprint density at radius 3 is 2.85 bits per heavy atom. The second-order valence-electron chi connectivity index (χ2n) is 3.06. The number of oxime groups is 1. The summed E-state index contributed by atoms with van der Waals surface area (Å²) in [6.45, 7) is 0. The van der Waals surface area contributed by atoms with Crippen LogP contribution in [0.2, 0.25) is 0 Å². The average Bonchev–Trinajstić information content (AvgIpc) is 2.92. The summed E-state index contributed by atoms with van der Waals surface area (Å²) in [5.74, 6) is 0. The van der Waals surface area contributed by atoms with Crippen LogP contribution in [0.3, 0.4) is 0 Å². The van der Waals surface area contributed by atoms with Crippen molar-refractivity contribution in [3.63, 3.8) is 0 Å². The highest BCUT2D eigenvalue weighted by Gasteiger charge is 2.23. The molecule has 1 saturated carbocycles. The summed E-state index contributed by atoms with van der Waals surface area (Å²) in [5.41, 5.74) is 1.04. The van der Waals surface area contributed by atoms with Gasteiger partial charge in [0.25, 0.3) is 0 Å². The van der Waals surface area contributed by atoms with Gasteiger partial charge in [-0.2, -0.15) is 0 Å². The van der Waals surface area contributed by atoms with Crippen LogP contribution >= 0.6 is 15.9 Å². The quantitative estimate of drug-likeness (QED) is 0.588. The maximum absolute atomic E-state index is 5.16. The van der Waals surface area contributed by atoms with Gasteiger partial charge < -0.3 is 4.84 Å². The first kappa shape index (κ1) is 8.75. The van der Waals surface area contributed by atoms with Crippen molar-refractivity contribution in [2.75, 3.05) is 0 Å². The van der Waals surface area contributed by atoms with E-state index in [9.17, 15) is 0 Å². The van der Waals surface area contributed by atoms with E-state index >= 15 is 0 Å². The molecular weight excluding hydrogens is 230 g/mol. The van der Waals surface area contributed by atoms with Crippen molar-refractivity contribution in [3.8, 4) is 0 Å². The Bertz CT molecular complexity index is 320. The summed E-state index contributed by atoms with van der Waals surface area (Å²) in [4.78, 5) is 5.16. The largest absolute Gasteiger partial charge is 0.392 e. The first-order chi connectivity index (χ1) is 6.36. The lowest BCUT2D eigenvalue weighted by molar-refractivity contribution is 0.131. The molecule has 0 radical (unpaired) electrons. The number of halogens is 1. The highest BCUT2D eigenvalue weighted by atomic mass is 79.9. The SMILES string of the molecule is Brc1ccccc1C=NOC1CC1. The lowest BCUT2D eigenvalue weighted by atomic mass is 10.2. The zero-order valence-electron chi connectivity index (χ0n) is 7.11. The summed E-state index contributed by atoms with van der Waals surface area (Å²) in [6.07, 6.45) is 4.40. The van der Waals surface area contributed by atoms with E-state index in [1.54, 1.807) is 6.21 Å². The summed E-state index contributed by atoms with van der Waals surface area (Å²) in [7, 11) is 0. The Balaban J connectivity index is 1.99. The molecule has 0 atom stereocenters. The van der Waals surface area contributed by atoms with Crippen molar-refractivity contribution in [2.45, 2.75) is 18.9 Å². The van der Waals surface area contributed by atoms with E-state index in [1.165, 1.54) is 0 Å². The van der Waals surface area contributed by atoms with Crippen molar-refractivity contribution in [1.29, 1.82) is 0 Å². The monoisotopic (exact) mass is 239 g/mol. The molecule has 0 N–H and O–H groups in total. The third kappa shape index (κ3) is 2.56. The van der Waals surface area contributed by atoms with Gasteiger partial charge in [0.1, 0.15) is 6.10 Å². The molecule has 0 aromatic heterocycles. The fraction of sp³-hybridized carbons (Fsp3) is 0.300. The maximum Gasteiger partial charge on any atom is 0.127 e. The van der Waals surface area contributed by atoms with Crippen molar-refractivity contribution in [2.24, 2.45) is 5.16 Å². The first-order valence-corrected chi connectivity index (χ1v) is 5.09. The highest BCUT2D eigenvalue weighted by molar-refractivity contribution is 9.10. The van der Waals surface area contributed by atoms with Crippen LogP contribution < -0.4 is 0 Å². The number of hydrogen-bond donors (Lipinski definition) is 0. The molecule has 0 unspecified atom stereocenters. The molecule has 0 amide bonds. The Morgan fingerprint density at radius 1 is 1.38 bits per heavy atom. The minimum atomic E-state index is 0.374. The third-order valence-corrected chi connectivity index (χ3v) is 2.55. The van der Waals surface area contributed by atoms with Gasteiger partial charge in [-0.25, -0.2) is 0 Å². The Morgan fingerprint density at radius 2 is 2.15 bits per heavy atom. The Hall–Kier alpha value is -0.830. The molecule has 1 fully saturated rings.